The topological polar surface area (TPSA) is 72.6 Å². The SMILES string of the molecule is COc1cccc(C(CNC(=O)Cc2ccc(OC(F)F)cc2)c2c[nH]c3ccccc23)c1OC. The lowest BCUT2D eigenvalue weighted by molar-refractivity contribution is -0.120. The average Bonchev–Trinajstić information content (AvgIpc) is 3.29. The van der Waals surface area contributed by atoms with Crippen LogP contribution in [0.1, 0.15) is 22.6 Å². The molecule has 3 aromatic carbocycles. The van der Waals surface area contributed by atoms with Crippen molar-refractivity contribution in [2.24, 2.45) is 0 Å². The molecule has 1 aromatic heterocycles. The second-order valence-electron chi connectivity index (χ2n) is 7.93. The first-order valence-electron chi connectivity index (χ1n) is 11.1. The molecule has 0 fully saturated rings. The van der Waals surface area contributed by atoms with Crippen LogP contribution in [0.4, 0.5) is 8.78 Å². The summed E-state index contributed by atoms with van der Waals surface area (Å²) in [4.78, 5) is 16.1. The van der Waals surface area contributed by atoms with Gasteiger partial charge in [0.05, 0.1) is 20.6 Å². The number of methoxy groups -OCH3 is 2. The van der Waals surface area contributed by atoms with Gasteiger partial charge in [0.15, 0.2) is 11.5 Å². The maximum absolute atomic E-state index is 12.8. The van der Waals surface area contributed by atoms with E-state index in [0.717, 1.165) is 22.0 Å². The number of alkyl halides is 2. The molecule has 1 heterocycles. The van der Waals surface area contributed by atoms with Crippen LogP contribution in [0.5, 0.6) is 17.2 Å². The molecular formula is C27H26F2N2O4. The van der Waals surface area contributed by atoms with Crippen LogP contribution in [-0.4, -0.2) is 38.3 Å². The van der Waals surface area contributed by atoms with Crippen LogP contribution in [-0.2, 0) is 11.2 Å². The molecule has 0 radical (unpaired) electrons. The van der Waals surface area contributed by atoms with Crippen LogP contribution in [0, 0.1) is 0 Å². The average molecular weight is 481 g/mol. The van der Waals surface area contributed by atoms with Crippen molar-refractivity contribution in [2.75, 3.05) is 20.8 Å². The lowest BCUT2D eigenvalue weighted by atomic mass is 9.89. The summed E-state index contributed by atoms with van der Waals surface area (Å²) in [6.07, 6.45) is 2.05. The molecule has 0 saturated carbocycles. The molecule has 0 aliphatic carbocycles. The van der Waals surface area contributed by atoms with Crippen molar-refractivity contribution >= 4 is 16.8 Å². The number of hydrogen-bond acceptors (Lipinski definition) is 4. The number of benzene rings is 3. The Kier molecular flexibility index (Phi) is 7.50. The Morgan fingerprint density at radius 2 is 1.71 bits per heavy atom. The van der Waals surface area contributed by atoms with Crippen LogP contribution < -0.4 is 19.5 Å². The number of amides is 1. The van der Waals surface area contributed by atoms with E-state index in [1.165, 1.54) is 12.1 Å². The highest BCUT2D eigenvalue weighted by atomic mass is 19.3. The van der Waals surface area contributed by atoms with E-state index in [4.69, 9.17) is 9.47 Å². The number of aromatic amines is 1. The van der Waals surface area contributed by atoms with E-state index < -0.39 is 6.61 Å². The van der Waals surface area contributed by atoms with Crippen molar-refractivity contribution in [3.05, 3.63) is 89.6 Å². The maximum atomic E-state index is 12.8. The van der Waals surface area contributed by atoms with E-state index in [1.54, 1.807) is 26.4 Å². The molecule has 1 atom stereocenters. The number of aromatic nitrogens is 1. The van der Waals surface area contributed by atoms with Gasteiger partial charge in [-0.2, -0.15) is 8.78 Å². The smallest absolute Gasteiger partial charge is 0.387 e. The summed E-state index contributed by atoms with van der Waals surface area (Å²) in [6, 6.07) is 19.7. The number of halogens is 2. The number of hydrogen-bond donors (Lipinski definition) is 2. The second kappa shape index (κ2) is 10.9. The number of ether oxygens (including phenoxy) is 3. The predicted molar refractivity (Wildman–Crippen MR) is 129 cm³/mol. The van der Waals surface area contributed by atoms with Crippen LogP contribution in [0.2, 0.25) is 0 Å². The standard InChI is InChI=1S/C27H26F2N2O4/c1-33-24-9-5-7-20(26(24)34-2)22(21-15-30-23-8-4-3-6-19(21)23)16-31-25(32)14-17-10-12-18(13-11-17)35-27(28)29/h3-13,15,22,27,30H,14,16H2,1-2H3,(H,31,32). The fourth-order valence-electron chi connectivity index (χ4n) is 4.21. The first-order valence-corrected chi connectivity index (χ1v) is 11.1. The van der Waals surface area contributed by atoms with Crippen molar-refractivity contribution in [2.45, 2.75) is 19.0 Å². The van der Waals surface area contributed by atoms with Crippen molar-refractivity contribution < 1.29 is 27.8 Å². The van der Waals surface area contributed by atoms with E-state index in [9.17, 15) is 13.6 Å². The lowest BCUT2D eigenvalue weighted by Crippen LogP contribution is -2.30. The van der Waals surface area contributed by atoms with Crippen molar-refractivity contribution in [1.29, 1.82) is 0 Å². The molecule has 35 heavy (non-hydrogen) atoms. The normalized spacial score (nSPS) is 11.9. The highest BCUT2D eigenvalue weighted by Crippen LogP contribution is 2.40. The van der Waals surface area contributed by atoms with E-state index in [1.807, 2.05) is 48.7 Å². The highest BCUT2D eigenvalue weighted by molar-refractivity contribution is 5.85. The van der Waals surface area contributed by atoms with Gasteiger partial charge in [0.2, 0.25) is 5.91 Å². The molecular weight excluding hydrogens is 454 g/mol. The van der Waals surface area contributed by atoms with Gasteiger partial charge in [-0.3, -0.25) is 4.79 Å². The minimum Gasteiger partial charge on any atom is -0.493 e. The molecule has 8 heteroatoms. The first kappa shape index (κ1) is 24.1. The summed E-state index contributed by atoms with van der Waals surface area (Å²) < 4.78 is 40.3. The monoisotopic (exact) mass is 480 g/mol. The Morgan fingerprint density at radius 3 is 2.43 bits per heavy atom. The van der Waals surface area contributed by atoms with E-state index in [-0.39, 0.29) is 24.0 Å². The minimum absolute atomic E-state index is 0.0497. The molecule has 0 spiro atoms. The molecule has 1 unspecified atom stereocenters. The predicted octanol–water partition coefficient (Wildman–Crippen LogP) is 5.28. The Morgan fingerprint density at radius 1 is 0.943 bits per heavy atom. The van der Waals surface area contributed by atoms with E-state index in [0.29, 0.717) is 23.6 Å². The van der Waals surface area contributed by atoms with Gasteiger partial charge in [0.25, 0.3) is 0 Å². The largest absolute Gasteiger partial charge is 0.493 e. The molecule has 0 bridgehead atoms. The number of rotatable bonds is 10. The number of H-pyrrole nitrogens is 1. The zero-order valence-electron chi connectivity index (χ0n) is 19.4. The Labute approximate surface area is 201 Å². The summed E-state index contributed by atoms with van der Waals surface area (Å²) >= 11 is 0. The van der Waals surface area contributed by atoms with Crippen molar-refractivity contribution in [1.82, 2.24) is 10.3 Å². The minimum atomic E-state index is -2.89. The zero-order chi connectivity index (χ0) is 24.8. The molecule has 6 nitrogen and oxygen atoms in total. The summed E-state index contributed by atoms with van der Waals surface area (Å²) in [5, 5.41) is 4.07. The zero-order valence-corrected chi connectivity index (χ0v) is 19.4. The molecule has 0 saturated heterocycles. The number of carbonyl (C=O) groups excluding carboxylic acids is 1. The summed E-state index contributed by atoms with van der Waals surface area (Å²) in [5.41, 5.74) is 3.57. The molecule has 0 aliphatic heterocycles. The van der Waals surface area contributed by atoms with E-state index in [2.05, 4.69) is 15.0 Å². The van der Waals surface area contributed by atoms with Crippen molar-refractivity contribution in [3.63, 3.8) is 0 Å². The van der Waals surface area contributed by atoms with Gasteiger partial charge >= 0.3 is 6.61 Å². The van der Waals surface area contributed by atoms with Crippen LogP contribution in [0.3, 0.4) is 0 Å². The second-order valence-corrected chi connectivity index (χ2v) is 7.93. The third kappa shape index (κ3) is 5.54. The molecule has 1 amide bonds. The fraction of sp³-hybridized carbons (Fsp3) is 0.222. The molecule has 182 valence electrons. The third-order valence-electron chi connectivity index (χ3n) is 5.82. The van der Waals surface area contributed by atoms with Gasteiger partial charge < -0.3 is 24.5 Å². The molecule has 4 rings (SSSR count). The van der Waals surface area contributed by atoms with Crippen LogP contribution >= 0.6 is 0 Å². The molecule has 0 aliphatic rings. The van der Waals surface area contributed by atoms with Crippen molar-refractivity contribution in [3.8, 4) is 17.2 Å². The Bertz CT molecular complexity index is 1290. The Balaban J connectivity index is 1.58. The summed E-state index contributed by atoms with van der Waals surface area (Å²) in [6.45, 7) is -2.57. The van der Waals surface area contributed by atoms with E-state index >= 15 is 0 Å². The quantitative estimate of drug-likeness (QED) is 0.324. The van der Waals surface area contributed by atoms with Gasteiger partial charge in [-0.15, -0.1) is 0 Å². The Hall–Kier alpha value is -4.07. The fourth-order valence-corrected chi connectivity index (χ4v) is 4.21. The van der Waals surface area contributed by atoms with Gasteiger partial charge in [-0.25, -0.2) is 0 Å². The molecule has 2 N–H and O–H groups in total. The van der Waals surface area contributed by atoms with Crippen LogP contribution in [0.25, 0.3) is 10.9 Å². The van der Waals surface area contributed by atoms with Gasteiger partial charge in [-0.05, 0) is 35.4 Å². The lowest BCUT2D eigenvalue weighted by Gasteiger charge is -2.22. The first-order chi connectivity index (χ1) is 17.0. The number of fused-ring (bicyclic) bond motifs is 1. The number of nitrogens with one attached hydrogen (secondary N) is 2. The maximum Gasteiger partial charge on any atom is 0.387 e. The highest BCUT2D eigenvalue weighted by Gasteiger charge is 2.24. The van der Waals surface area contributed by atoms with Crippen LogP contribution in [0.15, 0.2) is 72.9 Å². The summed E-state index contributed by atoms with van der Waals surface area (Å²) in [5.74, 6) is 0.844. The molecule has 4 aromatic rings. The van der Waals surface area contributed by atoms with Gasteiger partial charge in [-0.1, -0.05) is 42.5 Å². The van der Waals surface area contributed by atoms with Gasteiger partial charge in [0, 0.05) is 35.1 Å². The number of carbonyl (C=O) groups is 1. The van der Waals surface area contributed by atoms with Gasteiger partial charge in [0.1, 0.15) is 5.75 Å². The third-order valence-corrected chi connectivity index (χ3v) is 5.82. The number of para-hydroxylation sites is 2. The summed E-state index contributed by atoms with van der Waals surface area (Å²) in [7, 11) is 3.18.